The van der Waals surface area contributed by atoms with Crippen molar-refractivity contribution in [1.29, 1.82) is 0 Å². The molecule has 1 nitrogen and oxygen atoms in total. The van der Waals surface area contributed by atoms with Gasteiger partial charge in [0.1, 0.15) is 0 Å². The molecule has 0 saturated carbocycles. The summed E-state index contributed by atoms with van der Waals surface area (Å²) in [6.07, 6.45) is 0.648. The lowest BCUT2D eigenvalue weighted by Crippen LogP contribution is -2.09. The Labute approximate surface area is 86.0 Å². The van der Waals surface area contributed by atoms with Gasteiger partial charge < -0.3 is 0 Å². The number of Topliss-reactive ketones (excluding diaryl/α,β-unsaturated/α-hetero) is 1. The number of ketones is 1. The van der Waals surface area contributed by atoms with Gasteiger partial charge in [-0.2, -0.15) is 11.8 Å². The Morgan fingerprint density at radius 1 is 1.38 bits per heavy atom. The highest BCUT2D eigenvalue weighted by molar-refractivity contribution is 7.99. The third-order valence-electron chi connectivity index (χ3n) is 1.72. The lowest BCUT2D eigenvalue weighted by atomic mass is 10.0. The van der Waals surface area contributed by atoms with Crippen molar-refractivity contribution in [2.24, 2.45) is 5.92 Å². The van der Waals surface area contributed by atoms with Gasteiger partial charge in [-0.05, 0) is 29.4 Å². The third kappa shape index (κ3) is 6.88. The van der Waals surface area contributed by atoms with Crippen LogP contribution < -0.4 is 0 Å². The summed E-state index contributed by atoms with van der Waals surface area (Å²) < 4.78 is 0. The summed E-state index contributed by atoms with van der Waals surface area (Å²) in [6.45, 7) is 11.9. The molecule has 0 rings (SSSR count). The molecule has 0 spiro atoms. The van der Waals surface area contributed by atoms with Gasteiger partial charge in [0.05, 0.1) is 0 Å². The third-order valence-corrected chi connectivity index (χ3v) is 3.15. The minimum Gasteiger partial charge on any atom is -0.295 e. The van der Waals surface area contributed by atoms with E-state index < -0.39 is 0 Å². The predicted octanol–water partition coefficient (Wildman–Crippen LogP) is 3.30. The average molecular weight is 200 g/mol. The summed E-state index contributed by atoms with van der Waals surface area (Å²) in [5.41, 5.74) is 0.682. The van der Waals surface area contributed by atoms with Crippen molar-refractivity contribution in [2.75, 3.05) is 5.75 Å². The molecular weight excluding hydrogens is 180 g/mol. The molecule has 0 aliphatic rings. The van der Waals surface area contributed by atoms with Crippen LogP contribution in [0.5, 0.6) is 0 Å². The van der Waals surface area contributed by atoms with Gasteiger partial charge in [0.2, 0.25) is 0 Å². The van der Waals surface area contributed by atoms with Crippen molar-refractivity contribution in [2.45, 2.75) is 39.4 Å². The Bertz CT molecular complexity index is 185. The van der Waals surface area contributed by atoms with E-state index in [0.29, 0.717) is 23.2 Å². The highest BCUT2D eigenvalue weighted by Gasteiger charge is 2.10. The van der Waals surface area contributed by atoms with Crippen LogP contribution in [0.1, 0.15) is 34.1 Å². The molecular formula is C11H20OS. The molecule has 0 amide bonds. The van der Waals surface area contributed by atoms with Crippen LogP contribution in [0.4, 0.5) is 0 Å². The van der Waals surface area contributed by atoms with Gasteiger partial charge >= 0.3 is 0 Å². The second-order valence-corrected chi connectivity index (χ2v) is 5.50. The van der Waals surface area contributed by atoms with Crippen molar-refractivity contribution in [3.05, 3.63) is 12.2 Å². The fourth-order valence-electron chi connectivity index (χ4n) is 0.906. The normalized spacial score (nSPS) is 13.0. The first-order chi connectivity index (χ1) is 5.93. The maximum Gasteiger partial charge on any atom is 0.158 e. The molecule has 2 heteroatoms. The maximum absolute atomic E-state index is 11.3. The second kappa shape index (κ2) is 6.25. The van der Waals surface area contributed by atoms with Gasteiger partial charge in [-0.3, -0.25) is 4.79 Å². The SMILES string of the molecule is C=C(C)C(=O)CC(C)CSC(C)C. The summed E-state index contributed by atoms with van der Waals surface area (Å²) >= 11 is 1.91. The summed E-state index contributed by atoms with van der Waals surface area (Å²) in [6, 6.07) is 0. The Hall–Kier alpha value is -0.240. The molecule has 1 atom stereocenters. The molecule has 1 unspecified atom stereocenters. The number of hydrogen-bond acceptors (Lipinski definition) is 2. The van der Waals surface area contributed by atoms with E-state index in [9.17, 15) is 4.79 Å². The van der Waals surface area contributed by atoms with E-state index in [-0.39, 0.29) is 5.78 Å². The molecule has 0 aromatic heterocycles. The van der Waals surface area contributed by atoms with Gasteiger partial charge in [0.25, 0.3) is 0 Å². The summed E-state index contributed by atoms with van der Waals surface area (Å²) in [7, 11) is 0. The molecule has 0 fully saturated rings. The molecule has 0 aromatic carbocycles. The topological polar surface area (TPSA) is 17.1 Å². The Morgan fingerprint density at radius 3 is 2.31 bits per heavy atom. The monoisotopic (exact) mass is 200 g/mol. The van der Waals surface area contributed by atoms with Crippen LogP contribution in [0.15, 0.2) is 12.2 Å². The average Bonchev–Trinajstić information content (AvgIpc) is 2.00. The fourth-order valence-corrected chi connectivity index (χ4v) is 1.74. The van der Waals surface area contributed by atoms with Crippen LogP contribution in [-0.4, -0.2) is 16.8 Å². The Morgan fingerprint density at radius 2 is 1.92 bits per heavy atom. The lowest BCUT2D eigenvalue weighted by molar-refractivity contribution is -0.116. The molecule has 0 heterocycles. The largest absolute Gasteiger partial charge is 0.295 e. The number of allylic oxidation sites excluding steroid dienone is 1. The van der Waals surface area contributed by atoms with Crippen LogP contribution >= 0.6 is 11.8 Å². The number of hydrogen-bond donors (Lipinski definition) is 0. The van der Waals surface area contributed by atoms with E-state index in [4.69, 9.17) is 0 Å². The maximum atomic E-state index is 11.3. The molecule has 13 heavy (non-hydrogen) atoms. The number of rotatable bonds is 6. The molecule has 0 bridgehead atoms. The molecule has 0 aliphatic heterocycles. The Kier molecular flexibility index (Phi) is 6.13. The van der Waals surface area contributed by atoms with E-state index in [1.807, 2.05) is 11.8 Å². The van der Waals surface area contributed by atoms with Crippen molar-refractivity contribution in [3.8, 4) is 0 Å². The Balaban J connectivity index is 3.68. The van der Waals surface area contributed by atoms with E-state index >= 15 is 0 Å². The predicted molar refractivity (Wildman–Crippen MR) is 61.2 cm³/mol. The smallest absolute Gasteiger partial charge is 0.158 e. The van der Waals surface area contributed by atoms with Gasteiger partial charge in [0.15, 0.2) is 5.78 Å². The van der Waals surface area contributed by atoms with E-state index in [1.54, 1.807) is 6.92 Å². The van der Waals surface area contributed by atoms with E-state index in [2.05, 4.69) is 27.4 Å². The van der Waals surface area contributed by atoms with Gasteiger partial charge in [-0.25, -0.2) is 0 Å². The van der Waals surface area contributed by atoms with Crippen LogP contribution in [0, 0.1) is 5.92 Å². The van der Waals surface area contributed by atoms with E-state index in [0.717, 1.165) is 5.75 Å². The van der Waals surface area contributed by atoms with Crippen LogP contribution in [0.2, 0.25) is 0 Å². The minimum atomic E-state index is 0.205. The van der Waals surface area contributed by atoms with Crippen molar-refractivity contribution in [3.63, 3.8) is 0 Å². The first-order valence-corrected chi connectivity index (χ1v) is 5.78. The van der Waals surface area contributed by atoms with Crippen LogP contribution in [0.25, 0.3) is 0 Å². The van der Waals surface area contributed by atoms with Gasteiger partial charge in [-0.15, -0.1) is 0 Å². The first kappa shape index (κ1) is 12.8. The fraction of sp³-hybridized carbons (Fsp3) is 0.727. The highest BCUT2D eigenvalue weighted by atomic mass is 32.2. The quantitative estimate of drug-likeness (QED) is 0.612. The summed E-state index contributed by atoms with van der Waals surface area (Å²) in [5.74, 6) is 1.74. The molecule has 0 aliphatic carbocycles. The zero-order valence-corrected chi connectivity index (χ0v) is 9.91. The van der Waals surface area contributed by atoms with Gasteiger partial charge in [-0.1, -0.05) is 27.4 Å². The summed E-state index contributed by atoms with van der Waals surface area (Å²) in [4.78, 5) is 11.3. The molecule has 0 radical (unpaired) electrons. The highest BCUT2D eigenvalue weighted by Crippen LogP contribution is 2.17. The zero-order chi connectivity index (χ0) is 10.4. The second-order valence-electron chi connectivity index (χ2n) is 3.89. The number of carbonyl (C=O) groups is 1. The van der Waals surface area contributed by atoms with Crippen LogP contribution in [0.3, 0.4) is 0 Å². The van der Waals surface area contributed by atoms with Gasteiger partial charge in [0, 0.05) is 6.42 Å². The lowest BCUT2D eigenvalue weighted by Gasteiger charge is -2.11. The molecule has 76 valence electrons. The van der Waals surface area contributed by atoms with Crippen molar-refractivity contribution in [1.82, 2.24) is 0 Å². The molecule has 0 aromatic rings. The number of carbonyl (C=O) groups excluding carboxylic acids is 1. The molecule has 0 saturated heterocycles. The minimum absolute atomic E-state index is 0.205. The number of thioether (sulfide) groups is 1. The standard InChI is InChI=1S/C11H20OS/c1-8(2)11(12)6-10(5)7-13-9(3)4/h9-10H,1,6-7H2,2-5H3. The summed E-state index contributed by atoms with van der Waals surface area (Å²) in [5, 5.41) is 0.655. The zero-order valence-electron chi connectivity index (χ0n) is 9.09. The van der Waals surface area contributed by atoms with Crippen molar-refractivity contribution < 1.29 is 4.79 Å². The van der Waals surface area contributed by atoms with E-state index in [1.165, 1.54) is 0 Å². The molecule has 0 N–H and O–H groups in total. The van der Waals surface area contributed by atoms with Crippen LogP contribution in [-0.2, 0) is 4.79 Å². The first-order valence-electron chi connectivity index (χ1n) is 4.73. The van der Waals surface area contributed by atoms with Crippen molar-refractivity contribution >= 4 is 17.5 Å².